The van der Waals surface area contributed by atoms with Gasteiger partial charge in [0.15, 0.2) is 5.78 Å². The van der Waals surface area contributed by atoms with Gasteiger partial charge in [0.25, 0.3) is 0 Å². The molecule has 8 heteroatoms. The molecule has 1 heterocycles. The maximum Gasteiger partial charge on any atom is 0.323 e. The highest BCUT2D eigenvalue weighted by Crippen LogP contribution is 2.24. The number of anilines is 3. The number of ketones is 1. The smallest absolute Gasteiger partial charge is 0.323 e. The number of carbonyl (C=O) groups is 3. The minimum absolute atomic E-state index is 0.0575. The number of rotatable bonds is 8. The Labute approximate surface area is 191 Å². The highest BCUT2D eigenvalue weighted by molar-refractivity contribution is 6.02. The van der Waals surface area contributed by atoms with Crippen LogP contribution >= 0.6 is 0 Å². The maximum absolute atomic E-state index is 12.3. The minimum atomic E-state index is -0.413. The van der Waals surface area contributed by atoms with Gasteiger partial charge in [-0.15, -0.1) is 0 Å². The van der Waals surface area contributed by atoms with Crippen LogP contribution in [0.1, 0.15) is 23.8 Å². The van der Waals surface area contributed by atoms with Gasteiger partial charge in [-0.3, -0.25) is 14.6 Å². The SMILES string of the molecule is C=CC(=O)N(C)c1ccc(NC(=O)Nc2ccc(Oc3ccnc(C(=O)CC)c3)cc2)cc1. The first kappa shape index (κ1) is 23.2. The van der Waals surface area contributed by atoms with Crippen molar-refractivity contribution in [1.29, 1.82) is 0 Å². The number of hydrogen-bond donors (Lipinski definition) is 2. The lowest BCUT2D eigenvalue weighted by Crippen LogP contribution is -2.23. The van der Waals surface area contributed by atoms with Gasteiger partial charge >= 0.3 is 6.03 Å². The number of pyridine rings is 1. The molecule has 0 saturated carbocycles. The third-order valence-electron chi connectivity index (χ3n) is 4.70. The van der Waals surface area contributed by atoms with Crippen LogP contribution in [0.3, 0.4) is 0 Å². The molecule has 0 spiro atoms. The third-order valence-corrected chi connectivity index (χ3v) is 4.70. The van der Waals surface area contributed by atoms with E-state index in [4.69, 9.17) is 4.74 Å². The Morgan fingerprint density at radius 3 is 2.15 bits per heavy atom. The van der Waals surface area contributed by atoms with Gasteiger partial charge < -0.3 is 20.3 Å². The molecule has 3 amide bonds. The summed E-state index contributed by atoms with van der Waals surface area (Å²) in [6.07, 6.45) is 3.13. The molecule has 8 nitrogen and oxygen atoms in total. The zero-order valence-electron chi connectivity index (χ0n) is 18.4. The van der Waals surface area contributed by atoms with Crippen LogP contribution in [-0.4, -0.2) is 29.8 Å². The van der Waals surface area contributed by atoms with E-state index in [0.717, 1.165) is 0 Å². The van der Waals surface area contributed by atoms with E-state index in [2.05, 4.69) is 22.2 Å². The van der Waals surface area contributed by atoms with Crippen molar-refractivity contribution >= 4 is 34.8 Å². The molecule has 2 N–H and O–H groups in total. The standard InChI is InChI=1S/C25H24N4O4/c1-4-23(30)22-16-21(14-15-26-22)33-20-12-8-18(9-13-20)28-25(32)27-17-6-10-19(11-7-17)29(3)24(31)5-2/h5-16H,2,4H2,1,3H3,(H2,27,28,32). The topological polar surface area (TPSA) is 101 Å². The molecule has 0 saturated heterocycles. The van der Waals surface area contributed by atoms with Gasteiger partial charge in [-0.05, 0) is 60.7 Å². The number of Topliss-reactive ketones (excluding diaryl/α,β-unsaturated/α-hetero) is 1. The minimum Gasteiger partial charge on any atom is -0.457 e. The fraction of sp³-hybridized carbons (Fsp3) is 0.120. The maximum atomic E-state index is 12.3. The second kappa shape index (κ2) is 10.7. The normalized spacial score (nSPS) is 10.1. The molecule has 2 aromatic carbocycles. The fourth-order valence-corrected chi connectivity index (χ4v) is 2.88. The quantitative estimate of drug-likeness (QED) is 0.365. The third kappa shape index (κ3) is 6.27. The van der Waals surface area contributed by atoms with Crippen LogP contribution in [-0.2, 0) is 4.79 Å². The summed E-state index contributed by atoms with van der Waals surface area (Å²) in [4.78, 5) is 41.3. The molecule has 0 atom stereocenters. The molecule has 0 unspecified atom stereocenters. The van der Waals surface area contributed by atoms with Gasteiger partial charge in [0.05, 0.1) is 0 Å². The Morgan fingerprint density at radius 1 is 0.970 bits per heavy atom. The van der Waals surface area contributed by atoms with Crippen LogP contribution < -0.4 is 20.3 Å². The van der Waals surface area contributed by atoms with Crippen LogP contribution in [0.5, 0.6) is 11.5 Å². The number of amides is 3. The first-order valence-corrected chi connectivity index (χ1v) is 10.2. The number of hydrogen-bond acceptors (Lipinski definition) is 5. The number of likely N-dealkylation sites (N-methyl/N-ethyl adjacent to an activating group) is 1. The summed E-state index contributed by atoms with van der Waals surface area (Å²) in [7, 11) is 1.64. The van der Waals surface area contributed by atoms with Gasteiger partial charge in [0.1, 0.15) is 17.2 Å². The molecule has 3 rings (SSSR count). The van der Waals surface area contributed by atoms with Crippen molar-refractivity contribution in [3.8, 4) is 11.5 Å². The Kier molecular flexibility index (Phi) is 7.54. The van der Waals surface area contributed by atoms with E-state index in [1.165, 1.54) is 17.2 Å². The lowest BCUT2D eigenvalue weighted by atomic mass is 10.2. The fourth-order valence-electron chi connectivity index (χ4n) is 2.88. The van der Waals surface area contributed by atoms with E-state index < -0.39 is 6.03 Å². The number of urea groups is 1. The number of aromatic nitrogens is 1. The van der Waals surface area contributed by atoms with Crippen molar-refractivity contribution in [3.63, 3.8) is 0 Å². The summed E-state index contributed by atoms with van der Waals surface area (Å²) >= 11 is 0. The molecule has 0 radical (unpaired) electrons. The largest absolute Gasteiger partial charge is 0.457 e. The molecular formula is C25H24N4O4. The van der Waals surface area contributed by atoms with Crippen molar-refractivity contribution in [2.24, 2.45) is 0 Å². The zero-order chi connectivity index (χ0) is 23.8. The number of nitrogens with zero attached hydrogens (tertiary/aromatic N) is 2. The van der Waals surface area contributed by atoms with Crippen molar-refractivity contribution in [2.75, 3.05) is 22.6 Å². The average molecular weight is 444 g/mol. The predicted octanol–water partition coefficient (Wildman–Crippen LogP) is 5.26. The molecule has 1 aromatic heterocycles. The first-order chi connectivity index (χ1) is 15.9. The van der Waals surface area contributed by atoms with E-state index >= 15 is 0 Å². The summed E-state index contributed by atoms with van der Waals surface area (Å²) in [5.41, 5.74) is 2.19. The molecule has 0 aliphatic carbocycles. The van der Waals surface area contributed by atoms with Crippen LogP contribution in [0.4, 0.5) is 21.9 Å². The Hall–Kier alpha value is -4.46. The number of benzene rings is 2. The van der Waals surface area contributed by atoms with E-state index in [-0.39, 0.29) is 11.7 Å². The second-order valence-electron chi connectivity index (χ2n) is 7.01. The van der Waals surface area contributed by atoms with Crippen LogP contribution in [0.25, 0.3) is 0 Å². The number of carbonyl (C=O) groups excluding carboxylic acids is 3. The van der Waals surface area contributed by atoms with Crippen LogP contribution in [0.15, 0.2) is 79.5 Å². The summed E-state index contributed by atoms with van der Waals surface area (Å²) in [5.74, 6) is 0.776. The lowest BCUT2D eigenvalue weighted by Gasteiger charge is -2.15. The number of ether oxygens (including phenoxy) is 1. The number of nitrogens with one attached hydrogen (secondary N) is 2. The lowest BCUT2D eigenvalue weighted by molar-refractivity contribution is -0.113. The van der Waals surface area contributed by atoms with Crippen LogP contribution in [0.2, 0.25) is 0 Å². The summed E-state index contributed by atoms with van der Waals surface area (Å²) in [5, 5.41) is 5.47. The monoisotopic (exact) mass is 444 g/mol. The molecule has 0 aliphatic heterocycles. The molecular weight excluding hydrogens is 420 g/mol. The molecule has 3 aromatic rings. The molecule has 0 bridgehead atoms. The average Bonchev–Trinajstić information content (AvgIpc) is 2.84. The van der Waals surface area contributed by atoms with Gasteiger partial charge in [-0.25, -0.2) is 4.79 Å². The van der Waals surface area contributed by atoms with E-state index in [9.17, 15) is 14.4 Å². The Bertz CT molecular complexity index is 1160. The van der Waals surface area contributed by atoms with E-state index in [1.54, 1.807) is 74.6 Å². The molecule has 168 valence electrons. The predicted molar refractivity (Wildman–Crippen MR) is 128 cm³/mol. The van der Waals surface area contributed by atoms with Crippen molar-refractivity contribution in [1.82, 2.24) is 4.98 Å². The molecule has 0 fully saturated rings. The molecule has 0 aliphatic rings. The highest BCUT2D eigenvalue weighted by Gasteiger charge is 2.09. The van der Waals surface area contributed by atoms with E-state index in [0.29, 0.717) is 40.7 Å². The zero-order valence-corrected chi connectivity index (χ0v) is 18.4. The van der Waals surface area contributed by atoms with Crippen LogP contribution in [0, 0.1) is 0 Å². The van der Waals surface area contributed by atoms with Crippen molar-refractivity contribution in [3.05, 3.63) is 85.2 Å². The Balaban J connectivity index is 1.56. The van der Waals surface area contributed by atoms with Gasteiger partial charge in [0, 0.05) is 42.8 Å². The van der Waals surface area contributed by atoms with Gasteiger partial charge in [-0.2, -0.15) is 0 Å². The van der Waals surface area contributed by atoms with Gasteiger partial charge in [0.2, 0.25) is 5.91 Å². The first-order valence-electron chi connectivity index (χ1n) is 10.2. The van der Waals surface area contributed by atoms with Gasteiger partial charge in [-0.1, -0.05) is 13.5 Å². The Morgan fingerprint density at radius 2 is 1.58 bits per heavy atom. The molecule has 33 heavy (non-hydrogen) atoms. The summed E-state index contributed by atoms with van der Waals surface area (Å²) in [6, 6.07) is 16.5. The van der Waals surface area contributed by atoms with Crippen molar-refractivity contribution in [2.45, 2.75) is 13.3 Å². The van der Waals surface area contributed by atoms with E-state index in [1.807, 2.05) is 0 Å². The summed E-state index contributed by atoms with van der Waals surface area (Å²) in [6.45, 7) is 5.24. The van der Waals surface area contributed by atoms with Crippen molar-refractivity contribution < 1.29 is 19.1 Å². The summed E-state index contributed by atoms with van der Waals surface area (Å²) < 4.78 is 5.77. The second-order valence-corrected chi connectivity index (χ2v) is 7.01. The highest BCUT2D eigenvalue weighted by atomic mass is 16.5.